The summed E-state index contributed by atoms with van der Waals surface area (Å²) in [6, 6.07) is 8.64. The molecule has 0 saturated heterocycles. The summed E-state index contributed by atoms with van der Waals surface area (Å²) in [5.74, 6) is 0. The SMILES string of the molecule is CNc1nc2c(s1)CC(C)(C)c1ccccc1-2. The van der Waals surface area contributed by atoms with E-state index in [1.807, 2.05) is 7.05 Å². The number of nitrogens with one attached hydrogen (secondary N) is 1. The van der Waals surface area contributed by atoms with Gasteiger partial charge in [0, 0.05) is 17.5 Å². The van der Waals surface area contributed by atoms with Crippen molar-refractivity contribution in [3.05, 3.63) is 34.7 Å². The minimum absolute atomic E-state index is 0.209. The average molecular weight is 244 g/mol. The predicted octanol–water partition coefficient (Wildman–Crippen LogP) is 3.69. The van der Waals surface area contributed by atoms with Crippen molar-refractivity contribution in [2.75, 3.05) is 12.4 Å². The molecule has 1 aromatic heterocycles. The molecule has 0 bridgehead atoms. The highest BCUT2D eigenvalue weighted by Gasteiger charge is 2.32. The zero-order valence-corrected chi connectivity index (χ0v) is 11.2. The van der Waals surface area contributed by atoms with Gasteiger partial charge in [-0.2, -0.15) is 0 Å². The Kier molecular flexibility index (Phi) is 2.26. The summed E-state index contributed by atoms with van der Waals surface area (Å²) in [4.78, 5) is 6.08. The molecular weight excluding hydrogens is 228 g/mol. The van der Waals surface area contributed by atoms with E-state index in [0.717, 1.165) is 11.6 Å². The number of anilines is 1. The van der Waals surface area contributed by atoms with E-state index in [4.69, 9.17) is 0 Å². The molecule has 3 rings (SSSR count). The van der Waals surface area contributed by atoms with Gasteiger partial charge in [0.15, 0.2) is 5.13 Å². The van der Waals surface area contributed by atoms with Gasteiger partial charge in [-0.3, -0.25) is 0 Å². The van der Waals surface area contributed by atoms with E-state index in [0.29, 0.717) is 0 Å². The van der Waals surface area contributed by atoms with E-state index in [9.17, 15) is 0 Å². The van der Waals surface area contributed by atoms with Gasteiger partial charge in [-0.1, -0.05) is 38.1 Å². The van der Waals surface area contributed by atoms with Crippen LogP contribution in [0.25, 0.3) is 11.3 Å². The van der Waals surface area contributed by atoms with E-state index in [1.54, 1.807) is 11.3 Å². The molecule has 1 heterocycles. The van der Waals surface area contributed by atoms with Gasteiger partial charge < -0.3 is 5.32 Å². The van der Waals surface area contributed by atoms with E-state index in [1.165, 1.54) is 21.7 Å². The van der Waals surface area contributed by atoms with E-state index in [-0.39, 0.29) is 5.41 Å². The standard InChI is InChI=1S/C14H16N2S/c1-14(2)8-11-12(16-13(15-3)17-11)9-6-4-5-7-10(9)14/h4-7H,8H2,1-3H3,(H,15,16). The lowest BCUT2D eigenvalue weighted by atomic mass is 9.74. The van der Waals surface area contributed by atoms with Crippen LogP contribution in [-0.4, -0.2) is 12.0 Å². The fourth-order valence-corrected chi connectivity index (χ4v) is 3.72. The first-order valence-corrected chi connectivity index (χ1v) is 6.71. The summed E-state index contributed by atoms with van der Waals surface area (Å²) in [6.07, 6.45) is 1.08. The number of thiazole rings is 1. The Labute approximate surface area is 106 Å². The van der Waals surface area contributed by atoms with Crippen molar-refractivity contribution in [3.63, 3.8) is 0 Å². The van der Waals surface area contributed by atoms with Gasteiger partial charge in [0.2, 0.25) is 0 Å². The zero-order chi connectivity index (χ0) is 12.0. The molecule has 0 radical (unpaired) electrons. The zero-order valence-electron chi connectivity index (χ0n) is 10.4. The lowest BCUT2D eigenvalue weighted by molar-refractivity contribution is 0.521. The van der Waals surface area contributed by atoms with Crippen LogP contribution in [0.2, 0.25) is 0 Å². The fourth-order valence-electron chi connectivity index (χ4n) is 2.57. The monoisotopic (exact) mass is 244 g/mol. The first-order chi connectivity index (χ1) is 8.12. The van der Waals surface area contributed by atoms with Gasteiger partial charge in [-0.15, -0.1) is 11.3 Å². The van der Waals surface area contributed by atoms with E-state index < -0.39 is 0 Å². The van der Waals surface area contributed by atoms with Gasteiger partial charge in [-0.25, -0.2) is 4.98 Å². The third-order valence-corrected chi connectivity index (χ3v) is 4.50. The summed E-state index contributed by atoms with van der Waals surface area (Å²) < 4.78 is 0. The molecule has 0 fully saturated rings. The molecule has 2 aromatic rings. The number of fused-ring (bicyclic) bond motifs is 3. The van der Waals surface area contributed by atoms with Gasteiger partial charge >= 0.3 is 0 Å². The van der Waals surface area contributed by atoms with Gasteiger partial charge in [0.05, 0.1) is 5.69 Å². The largest absolute Gasteiger partial charge is 0.365 e. The molecule has 0 amide bonds. The van der Waals surface area contributed by atoms with Crippen LogP contribution in [0.3, 0.4) is 0 Å². The summed E-state index contributed by atoms with van der Waals surface area (Å²) in [7, 11) is 1.93. The average Bonchev–Trinajstić information content (AvgIpc) is 2.71. The molecule has 2 nitrogen and oxygen atoms in total. The molecule has 88 valence electrons. The Hall–Kier alpha value is -1.35. The summed E-state index contributed by atoms with van der Waals surface area (Å²) in [5.41, 5.74) is 4.10. The topological polar surface area (TPSA) is 24.9 Å². The highest BCUT2D eigenvalue weighted by Crippen LogP contribution is 2.45. The van der Waals surface area contributed by atoms with Crippen LogP contribution < -0.4 is 5.32 Å². The van der Waals surface area contributed by atoms with Crippen molar-refractivity contribution in [2.45, 2.75) is 25.7 Å². The second-order valence-electron chi connectivity index (χ2n) is 5.15. The number of nitrogens with zero attached hydrogens (tertiary/aromatic N) is 1. The summed E-state index contributed by atoms with van der Waals surface area (Å²) >= 11 is 1.78. The van der Waals surface area contributed by atoms with Crippen LogP contribution >= 0.6 is 11.3 Å². The van der Waals surface area contributed by atoms with Crippen molar-refractivity contribution in [1.29, 1.82) is 0 Å². The minimum Gasteiger partial charge on any atom is -0.365 e. The molecular formula is C14H16N2S. The Morgan fingerprint density at radius 3 is 2.82 bits per heavy atom. The van der Waals surface area contributed by atoms with Gasteiger partial charge in [0.25, 0.3) is 0 Å². The third kappa shape index (κ3) is 1.57. The molecule has 0 unspecified atom stereocenters. The molecule has 1 aliphatic carbocycles. The van der Waals surface area contributed by atoms with Crippen molar-refractivity contribution >= 4 is 16.5 Å². The Balaban J connectivity index is 2.26. The molecule has 0 spiro atoms. The fraction of sp³-hybridized carbons (Fsp3) is 0.357. The van der Waals surface area contributed by atoms with Gasteiger partial charge in [-0.05, 0) is 17.4 Å². The molecule has 1 aromatic carbocycles. The third-order valence-electron chi connectivity index (χ3n) is 3.43. The number of aromatic nitrogens is 1. The summed E-state index contributed by atoms with van der Waals surface area (Å²) in [5, 5.41) is 4.17. The van der Waals surface area contributed by atoms with Gasteiger partial charge in [0.1, 0.15) is 0 Å². The van der Waals surface area contributed by atoms with E-state index >= 15 is 0 Å². The smallest absolute Gasteiger partial charge is 0.183 e. The second-order valence-corrected chi connectivity index (χ2v) is 6.23. The number of rotatable bonds is 1. The maximum Gasteiger partial charge on any atom is 0.183 e. The van der Waals surface area contributed by atoms with Crippen molar-refractivity contribution < 1.29 is 0 Å². The number of hydrogen-bond acceptors (Lipinski definition) is 3. The molecule has 0 atom stereocenters. The highest BCUT2D eigenvalue weighted by atomic mass is 32.1. The first-order valence-electron chi connectivity index (χ1n) is 5.89. The first kappa shape index (κ1) is 10.8. The molecule has 3 heteroatoms. The second kappa shape index (κ2) is 3.57. The van der Waals surface area contributed by atoms with Crippen LogP contribution in [0.5, 0.6) is 0 Å². The molecule has 0 aliphatic heterocycles. The van der Waals surface area contributed by atoms with Crippen LogP contribution in [0.4, 0.5) is 5.13 Å². The lowest BCUT2D eigenvalue weighted by Gasteiger charge is -2.31. The molecule has 1 N–H and O–H groups in total. The summed E-state index contributed by atoms with van der Waals surface area (Å²) in [6.45, 7) is 4.63. The molecule has 17 heavy (non-hydrogen) atoms. The quantitative estimate of drug-likeness (QED) is 0.827. The van der Waals surface area contributed by atoms with Crippen molar-refractivity contribution in [1.82, 2.24) is 4.98 Å². The van der Waals surface area contributed by atoms with Crippen LogP contribution in [0.15, 0.2) is 24.3 Å². The lowest BCUT2D eigenvalue weighted by Crippen LogP contribution is -2.24. The minimum atomic E-state index is 0.209. The predicted molar refractivity (Wildman–Crippen MR) is 73.8 cm³/mol. The van der Waals surface area contributed by atoms with Crippen LogP contribution in [-0.2, 0) is 11.8 Å². The van der Waals surface area contributed by atoms with Crippen molar-refractivity contribution in [2.24, 2.45) is 0 Å². The maximum atomic E-state index is 4.68. The molecule has 1 aliphatic rings. The van der Waals surface area contributed by atoms with Crippen LogP contribution in [0.1, 0.15) is 24.3 Å². The number of hydrogen-bond donors (Lipinski definition) is 1. The van der Waals surface area contributed by atoms with E-state index in [2.05, 4.69) is 48.4 Å². The molecule has 0 saturated carbocycles. The number of benzene rings is 1. The maximum absolute atomic E-state index is 4.68. The Bertz CT molecular complexity index is 569. The Morgan fingerprint density at radius 2 is 2.06 bits per heavy atom. The van der Waals surface area contributed by atoms with Crippen LogP contribution in [0, 0.1) is 0 Å². The highest BCUT2D eigenvalue weighted by molar-refractivity contribution is 7.16. The Morgan fingerprint density at radius 1 is 1.29 bits per heavy atom. The van der Waals surface area contributed by atoms with Crippen molar-refractivity contribution in [3.8, 4) is 11.3 Å². The normalized spacial score (nSPS) is 16.2.